The van der Waals surface area contributed by atoms with Gasteiger partial charge in [0.2, 0.25) is 0 Å². The van der Waals surface area contributed by atoms with Crippen LogP contribution in [0.4, 0.5) is 0 Å². The minimum absolute atomic E-state index is 0.256. The van der Waals surface area contributed by atoms with Gasteiger partial charge in [0, 0.05) is 0 Å². The van der Waals surface area contributed by atoms with E-state index in [-0.39, 0.29) is 12.0 Å². The maximum atomic E-state index is 11.5. The van der Waals surface area contributed by atoms with E-state index in [9.17, 15) is 4.79 Å². The molecule has 0 aromatic rings. The molecule has 66 valence electrons. The van der Waals surface area contributed by atoms with Gasteiger partial charge in [0.05, 0.1) is 0 Å². The van der Waals surface area contributed by atoms with Crippen LogP contribution in [0.5, 0.6) is 0 Å². The van der Waals surface area contributed by atoms with Crippen molar-refractivity contribution >= 4 is 5.78 Å². The Morgan fingerprint density at radius 3 is 3.00 bits per heavy atom. The Bertz CT molecular complexity index is 159. The van der Waals surface area contributed by atoms with Crippen molar-refractivity contribution in [1.29, 1.82) is 0 Å². The molecule has 1 rings (SSSR count). The Hall–Kier alpha value is 0.565. The predicted octanol–water partition coefficient (Wildman–Crippen LogP) is 1.92. The van der Waals surface area contributed by atoms with Gasteiger partial charge in [-0.25, -0.2) is 0 Å². The molecule has 0 amide bonds. The fourth-order valence-electron chi connectivity index (χ4n) is 2.01. The molecular weight excluding hydrogens is 341 g/mol. The summed E-state index contributed by atoms with van der Waals surface area (Å²) in [6.45, 7) is 0. The summed E-state index contributed by atoms with van der Waals surface area (Å²) in [5.41, 5.74) is 0. The molecule has 1 aliphatic carbocycles. The first-order valence-corrected chi connectivity index (χ1v) is 14.2. The number of Topliss-reactive ketones (excluding diaryl/α,β-unsaturated/α-hetero) is 1. The number of methoxy groups -OCH3 is 1. The topological polar surface area (TPSA) is 26.3 Å². The van der Waals surface area contributed by atoms with Crippen LogP contribution in [0.1, 0.15) is 19.3 Å². The number of rotatable bonds is 3. The molecular formula is C9H16HgO2. The molecule has 0 N–H and O–H groups in total. The summed E-state index contributed by atoms with van der Waals surface area (Å²) in [5.74, 6) is 0.755. The van der Waals surface area contributed by atoms with Crippen molar-refractivity contribution in [1.82, 2.24) is 0 Å². The summed E-state index contributed by atoms with van der Waals surface area (Å²) in [5, 5.41) is 0. The zero-order valence-corrected chi connectivity index (χ0v) is 13.5. The molecule has 1 fully saturated rings. The fraction of sp³-hybridized carbons (Fsp3) is 0.889. The maximum absolute atomic E-state index is 11.5. The van der Waals surface area contributed by atoms with Crippen molar-refractivity contribution in [3.8, 4) is 0 Å². The summed E-state index contributed by atoms with van der Waals surface area (Å²) < 4.78 is 8.90. The molecule has 0 heterocycles. The second-order valence-corrected chi connectivity index (χ2v) is 9.66. The van der Waals surface area contributed by atoms with E-state index in [2.05, 4.69) is 4.43 Å². The van der Waals surface area contributed by atoms with Crippen LogP contribution in [0, 0.1) is 5.92 Å². The van der Waals surface area contributed by atoms with Crippen LogP contribution < -0.4 is 0 Å². The Labute approximate surface area is 86.5 Å². The Morgan fingerprint density at radius 1 is 1.67 bits per heavy atom. The van der Waals surface area contributed by atoms with Crippen molar-refractivity contribution < 1.29 is 34.1 Å². The fourth-order valence-corrected chi connectivity index (χ4v) is 7.13. The van der Waals surface area contributed by atoms with E-state index in [1.807, 2.05) is 0 Å². The van der Waals surface area contributed by atoms with Gasteiger partial charge < -0.3 is 0 Å². The molecule has 12 heavy (non-hydrogen) atoms. The van der Waals surface area contributed by atoms with Gasteiger partial charge in [-0.1, -0.05) is 0 Å². The first-order chi connectivity index (χ1) is 5.79. The molecule has 0 aliphatic heterocycles. The van der Waals surface area contributed by atoms with Gasteiger partial charge >= 0.3 is 86.6 Å². The van der Waals surface area contributed by atoms with Gasteiger partial charge in [-0.3, -0.25) is 0 Å². The average Bonchev–Trinajstić information content (AvgIpc) is 2.09. The van der Waals surface area contributed by atoms with Crippen LogP contribution in [0.25, 0.3) is 0 Å². The van der Waals surface area contributed by atoms with E-state index < -0.39 is 24.6 Å². The van der Waals surface area contributed by atoms with E-state index in [0.717, 1.165) is 19.3 Å². The quantitative estimate of drug-likeness (QED) is 0.722. The molecule has 0 spiro atoms. The number of ether oxygens (including phenoxy) is 1. The van der Waals surface area contributed by atoms with Crippen LogP contribution in [0.3, 0.4) is 0 Å². The third-order valence-electron chi connectivity index (χ3n) is 2.68. The molecule has 1 aliphatic rings. The summed E-state index contributed by atoms with van der Waals surface area (Å²) >= 11 is -0.655. The summed E-state index contributed by atoms with van der Waals surface area (Å²) in [4.78, 5) is 11.5. The van der Waals surface area contributed by atoms with Crippen molar-refractivity contribution in [3.05, 3.63) is 0 Å². The van der Waals surface area contributed by atoms with E-state index >= 15 is 0 Å². The molecule has 0 bridgehead atoms. The second-order valence-electron chi connectivity index (χ2n) is 3.53. The Kier molecular flexibility index (Phi) is 4.73. The molecule has 2 atom stereocenters. The molecule has 2 nitrogen and oxygen atoms in total. The van der Waals surface area contributed by atoms with Crippen LogP contribution in [0.15, 0.2) is 0 Å². The standard InChI is InChI=1S/C8H13O2.CH3.Hg/c1-6-7(9)4-3-5-8(6)10-2;;/h6,8H,1,3-5H2,2H3;1H3;/t6-,8+;;/m0../s1. The summed E-state index contributed by atoms with van der Waals surface area (Å²) in [6.07, 6.45) is 3.19. The van der Waals surface area contributed by atoms with Gasteiger partial charge in [0.15, 0.2) is 0 Å². The third-order valence-corrected chi connectivity index (χ3v) is 7.34. The average molecular weight is 357 g/mol. The van der Waals surface area contributed by atoms with Gasteiger partial charge in [-0.15, -0.1) is 0 Å². The zero-order chi connectivity index (χ0) is 8.97. The van der Waals surface area contributed by atoms with Crippen LogP contribution in [-0.4, -0.2) is 19.0 Å². The van der Waals surface area contributed by atoms with Gasteiger partial charge in [0.25, 0.3) is 0 Å². The van der Waals surface area contributed by atoms with Crippen LogP contribution >= 0.6 is 0 Å². The van der Waals surface area contributed by atoms with E-state index in [4.69, 9.17) is 4.74 Å². The number of hydrogen-bond donors (Lipinski definition) is 0. The van der Waals surface area contributed by atoms with E-state index in [1.54, 1.807) is 7.11 Å². The van der Waals surface area contributed by atoms with Crippen molar-refractivity contribution in [3.63, 3.8) is 0 Å². The summed E-state index contributed by atoms with van der Waals surface area (Å²) in [7, 11) is 1.74. The first kappa shape index (κ1) is 10.6. The zero-order valence-electron chi connectivity index (χ0n) is 8.01. The van der Waals surface area contributed by atoms with Crippen molar-refractivity contribution in [2.24, 2.45) is 5.92 Å². The molecule has 0 aromatic carbocycles. The van der Waals surface area contributed by atoms with Gasteiger partial charge in [-0.05, 0) is 0 Å². The Morgan fingerprint density at radius 2 is 2.42 bits per heavy atom. The molecule has 3 heteroatoms. The van der Waals surface area contributed by atoms with Gasteiger partial charge in [-0.2, -0.15) is 0 Å². The Balaban J connectivity index is 2.53. The van der Waals surface area contributed by atoms with Crippen LogP contribution in [0.2, 0.25) is 8.36 Å². The van der Waals surface area contributed by atoms with Crippen molar-refractivity contribution in [2.45, 2.75) is 33.7 Å². The number of hydrogen-bond acceptors (Lipinski definition) is 2. The molecule has 0 radical (unpaired) electrons. The second kappa shape index (κ2) is 5.33. The third kappa shape index (κ3) is 2.53. The molecule has 0 saturated heterocycles. The predicted molar refractivity (Wildman–Crippen MR) is 43.8 cm³/mol. The minimum atomic E-state index is -0.655. The summed E-state index contributed by atoms with van der Waals surface area (Å²) in [6, 6.07) is 0. The number of carbonyl (C=O) groups excluding carboxylic acids is 1. The monoisotopic (exact) mass is 358 g/mol. The van der Waals surface area contributed by atoms with Crippen molar-refractivity contribution in [2.75, 3.05) is 7.11 Å². The number of carbonyl (C=O) groups is 1. The van der Waals surface area contributed by atoms with E-state index in [1.165, 1.54) is 3.93 Å². The van der Waals surface area contributed by atoms with Gasteiger partial charge in [0.1, 0.15) is 0 Å². The SMILES string of the molecule is CO[C@@H]1CCCC(=O)[C@@H]1[CH2][Hg][CH3]. The normalized spacial score (nSPS) is 30.0. The number of ketones is 1. The molecule has 0 unspecified atom stereocenters. The molecule has 1 saturated carbocycles. The molecule has 0 aromatic heterocycles. The van der Waals surface area contributed by atoms with Crippen LogP contribution in [-0.2, 0) is 34.1 Å². The first-order valence-electron chi connectivity index (χ1n) is 4.85. The van der Waals surface area contributed by atoms with E-state index in [0.29, 0.717) is 5.78 Å².